The van der Waals surface area contributed by atoms with Crippen molar-refractivity contribution >= 4 is 37.3 Å². The van der Waals surface area contributed by atoms with Gasteiger partial charge in [0.1, 0.15) is 5.25 Å². The van der Waals surface area contributed by atoms with Gasteiger partial charge in [-0.3, -0.25) is 4.79 Å². The Balaban J connectivity index is 2.01. The number of benzene rings is 1. The first-order valence-corrected chi connectivity index (χ1v) is 9.38. The number of sulfone groups is 1. The van der Waals surface area contributed by atoms with Crippen LogP contribution in [-0.4, -0.2) is 37.4 Å². The van der Waals surface area contributed by atoms with E-state index in [9.17, 15) is 13.2 Å². The second kappa shape index (κ2) is 6.11. The van der Waals surface area contributed by atoms with Crippen molar-refractivity contribution < 1.29 is 13.2 Å². The molecule has 2 rings (SSSR count). The second-order valence-corrected chi connectivity index (χ2v) is 8.57. The average Bonchev–Trinajstić information content (AvgIpc) is 2.86. The number of hydrogen-bond donors (Lipinski definition) is 1. The topological polar surface area (TPSA) is 76.1 Å². The highest BCUT2D eigenvalue weighted by atomic mass is 32.2. The quantitative estimate of drug-likeness (QED) is 0.911. The lowest BCUT2D eigenvalue weighted by Crippen LogP contribution is -2.39. The van der Waals surface area contributed by atoms with Crippen molar-refractivity contribution in [3.8, 4) is 0 Å². The summed E-state index contributed by atoms with van der Waals surface area (Å²) in [6.07, 6.45) is 1.06. The molecule has 5 nitrogen and oxygen atoms in total. The number of hydrogen-bond acceptors (Lipinski definition) is 5. The molecule has 0 spiro atoms. The zero-order valence-corrected chi connectivity index (χ0v) is 13.8. The molecule has 0 saturated heterocycles. The molecule has 0 aliphatic rings. The summed E-state index contributed by atoms with van der Waals surface area (Å²) < 4.78 is 23.8. The summed E-state index contributed by atoms with van der Waals surface area (Å²) in [4.78, 5) is 16.3. The predicted octanol–water partition coefficient (Wildman–Crippen LogP) is 1.95. The average molecular weight is 326 g/mol. The van der Waals surface area contributed by atoms with Crippen molar-refractivity contribution in [3.05, 3.63) is 29.3 Å². The van der Waals surface area contributed by atoms with Gasteiger partial charge >= 0.3 is 0 Å². The number of carbonyl (C=O) groups excluding carboxylic acids is 1. The SMILES string of the molecule is CC(CNC(=O)C(C)S(C)(=O)=O)c1nc2ccccc2s1. The number of para-hydroxylation sites is 1. The largest absolute Gasteiger partial charge is 0.354 e. The summed E-state index contributed by atoms with van der Waals surface area (Å²) in [6, 6.07) is 7.86. The molecule has 1 aromatic carbocycles. The number of fused-ring (bicyclic) bond motifs is 1. The van der Waals surface area contributed by atoms with Crippen LogP contribution in [0.3, 0.4) is 0 Å². The molecular weight excluding hydrogens is 308 g/mol. The van der Waals surface area contributed by atoms with Crippen molar-refractivity contribution in [2.45, 2.75) is 25.0 Å². The third-order valence-corrected chi connectivity index (χ3v) is 6.09. The van der Waals surface area contributed by atoms with Gasteiger partial charge in [0.05, 0.1) is 15.2 Å². The molecule has 1 aromatic heterocycles. The summed E-state index contributed by atoms with van der Waals surface area (Å²) in [5.74, 6) is -0.427. The van der Waals surface area contributed by atoms with Crippen molar-refractivity contribution in [1.29, 1.82) is 0 Å². The van der Waals surface area contributed by atoms with E-state index in [2.05, 4.69) is 10.3 Å². The highest BCUT2D eigenvalue weighted by molar-refractivity contribution is 7.92. The van der Waals surface area contributed by atoms with Crippen LogP contribution in [0.1, 0.15) is 24.8 Å². The maximum Gasteiger partial charge on any atom is 0.238 e. The van der Waals surface area contributed by atoms with Crippen LogP contribution in [0.4, 0.5) is 0 Å². The Hall–Kier alpha value is -1.47. The van der Waals surface area contributed by atoms with Gasteiger partial charge in [0.15, 0.2) is 9.84 Å². The Kier molecular flexibility index (Phi) is 4.63. The summed E-state index contributed by atoms with van der Waals surface area (Å²) in [7, 11) is -3.36. The molecule has 2 aromatic rings. The highest BCUT2D eigenvalue weighted by Gasteiger charge is 2.24. The van der Waals surface area contributed by atoms with Gasteiger partial charge in [-0.05, 0) is 19.1 Å². The van der Waals surface area contributed by atoms with E-state index in [0.717, 1.165) is 21.5 Å². The van der Waals surface area contributed by atoms with Crippen LogP contribution in [0.15, 0.2) is 24.3 Å². The Labute approximate surface area is 128 Å². The molecule has 1 N–H and O–H groups in total. The van der Waals surface area contributed by atoms with E-state index in [0.29, 0.717) is 6.54 Å². The van der Waals surface area contributed by atoms with Crippen molar-refractivity contribution in [2.24, 2.45) is 0 Å². The van der Waals surface area contributed by atoms with Crippen LogP contribution in [0.5, 0.6) is 0 Å². The zero-order chi connectivity index (χ0) is 15.6. The Morgan fingerprint density at radius 1 is 1.33 bits per heavy atom. The van der Waals surface area contributed by atoms with Gasteiger partial charge in [-0.1, -0.05) is 19.1 Å². The summed E-state index contributed by atoms with van der Waals surface area (Å²) in [5, 5.41) is 2.59. The Morgan fingerprint density at radius 3 is 2.62 bits per heavy atom. The fraction of sp³-hybridized carbons (Fsp3) is 0.429. The molecule has 114 valence electrons. The van der Waals surface area contributed by atoms with Crippen LogP contribution >= 0.6 is 11.3 Å². The molecule has 0 aliphatic heterocycles. The first-order valence-electron chi connectivity index (χ1n) is 6.61. The fourth-order valence-corrected chi connectivity index (χ4v) is 3.27. The minimum Gasteiger partial charge on any atom is -0.354 e. The molecule has 0 radical (unpaired) electrons. The summed E-state index contributed by atoms with van der Waals surface area (Å²) >= 11 is 1.59. The van der Waals surface area contributed by atoms with E-state index < -0.39 is 21.0 Å². The lowest BCUT2D eigenvalue weighted by molar-refractivity contribution is -0.120. The predicted molar refractivity (Wildman–Crippen MR) is 85.4 cm³/mol. The lowest BCUT2D eigenvalue weighted by Gasteiger charge is -2.13. The molecular formula is C14H18N2O3S2. The lowest BCUT2D eigenvalue weighted by atomic mass is 10.2. The minimum absolute atomic E-state index is 0.0399. The molecule has 0 saturated carbocycles. The second-order valence-electron chi connectivity index (χ2n) is 5.14. The van der Waals surface area contributed by atoms with E-state index >= 15 is 0 Å². The third-order valence-electron chi connectivity index (χ3n) is 3.33. The monoisotopic (exact) mass is 326 g/mol. The first kappa shape index (κ1) is 15.9. The number of amides is 1. The van der Waals surface area contributed by atoms with Crippen LogP contribution in [-0.2, 0) is 14.6 Å². The number of carbonyl (C=O) groups is 1. The molecule has 0 bridgehead atoms. The van der Waals surface area contributed by atoms with Crippen LogP contribution in [0.2, 0.25) is 0 Å². The molecule has 7 heteroatoms. The molecule has 21 heavy (non-hydrogen) atoms. The number of thiazole rings is 1. The number of nitrogens with one attached hydrogen (secondary N) is 1. The van der Waals surface area contributed by atoms with Crippen molar-refractivity contribution in [2.75, 3.05) is 12.8 Å². The maximum atomic E-state index is 11.8. The van der Waals surface area contributed by atoms with E-state index in [4.69, 9.17) is 0 Å². The van der Waals surface area contributed by atoms with Crippen LogP contribution in [0.25, 0.3) is 10.2 Å². The molecule has 2 atom stereocenters. The van der Waals surface area contributed by atoms with Crippen molar-refractivity contribution in [3.63, 3.8) is 0 Å². The van der Waals surface area contributed by atoms with Gasteiger partial charge in [0, 0.05) is 18.7 Å². The van der Waals surface area contributed by atoms with Gasteiger partial charge in [0.25, 0.3) is 0 Å². The summed E-state index contributed by atoms with van der Waals surface area (Å²) in [5.41, 5.74) is 0.945. The third kappa shape index (κ3) is 3.79. The molecule has 0 aliphatic carbocycles. The minimum atomic E-state index is -3.36. The first-order chi connectivity index (χ1) is 9.79. The van der Waals surface area contributed by atoms with E-state index in [1.54, 1.807) is 11.3 Å². The summed E-state index contributed by atoms with van der Waals surface area (Å²) in [6.45, 7) is 3.73. The zero-order valence-electron chi connectivity index (χ0n) is 12.2. The molecule has 0 fully saturated rings. The van der Waals surface area contributed by atoms with Gasteiger partial charge in [-0.25, -0.2) is 13.4 Å². The molecule has 1 amide bonds. The van der Waals surface area contributed by atoms with E-state index in [1.807, 2.05) is 31.2 Å². The van der Waals surface area contributed by atoms with Gasteiger partial charge in [-0.2, -0.15) is 0 Å². The van der Waals surface area contributed by atoms with Crippen molar-refractivity contribution in [1.82, 2.24) is 10.3 Å². The van der Waals surface area contributed by atoms with Gasteiger partial charge < -0.3 is 5.32 Å². The standard InChI is InChI=1S/C14H18N2O3S2/c1-9(8-15-13(17)10(2)21(3,18)19)14-16-11-6-4-5-7-12(11)20-14/h4-7,9-10H,8H2,1-3H3,(H,15,17). The van der Waals surface area contributed by atoms with Gasteiger partial charge in [-0.15, -0.1) is 11.3 Å². The Bertz CT molecular complexity index is 719. The molecule has 2 unspecified atom stereocenters. The number of aromatic nitrogens is 1. The highest BCUT2D eigenvalue weighted by Crippen LogP contribution is 2.26. The van der Waals surface area contributed by atoms with E-state index in [1.165, 1.54) is 6.92 Å². The molecule has 1 heterocycles. The number of rotatable bonds is 5. The normalized spacial score (nSPS) is 14.8. The maximum absolute atomic E-state index is 11.8. The number of nitrogens with zero attached hydrogens (tertiary/aromatic N) is 1. The van der Waals surface area contributed by atoms with Gasteiger partial charge in [0.2, 0.25) is 5.91 Å². The van der Waals surface area contributed by atoms with Crippen LogP contribution < -0.4 is 5.32 Å². The Morgan fingerprint density at radius 2 is 2.00 bits per heavy atom. The smallest absolute Gasteiger partial charge is 0.238 e. The fourth-order valence-electron chi connectivity index (χ4n) is 1.78. The van der Waals surface area contributed by atoms with Crippen LogP contribution in [0, 0.1) is 0 Å². The van der Waals surface area contributed by atoms with E-state index in [-0.39, 0.29) is 5.92 Å².